The monoisotopic (exact) mass is 442 g/mol. The number of hydrogen-bond donors (Lipinski definition) is 0. The van der Waals surface area contributed by atoms with E-state index in [1.165, 1.54) is 16.2 Å². The normalized spacial score (nSPS) is 15.9. The Balaban J connectivity index is 1.84. The van der Waals surface area contributed by atoms with Crippen LogP contribution in [0.15, 0.2) is 57.2 Å². The van der Waals surface area contributed by atoms with Gasteiger partial charge in [-0.2, -0.15) is 0 Å². The molecule has 1 amide bonds. The number of hydrogen-bond acceptors (Lipinski definition) is 5. The highest BCUT2D eigenvalue weighted by molar-refractivity contribution is 7.13. The maximum Gasteiger partial charge on any atom is 0.297 e. The molecule has 2 aromatic carbocycles. The molecular formula is C21H12Cl2N2O3S. The van der Waals surface area contributed by atoms with Gasteiger partial charge in [0.15, 0.2) is 10.6 Å². The first-order valence-electron chi connectivity index (χ1n) is 8.71. The van der Waals surface area contributed by atoms with E-state index in [0.717, 1.165) is 11.1 Å². The van der Waals surface area contributed by atoms with Crippen molar-refractivity contribution in [3.05, 3.63) is 90.7 Å². The Hall–Kier alpha value is -2.67. The molecule has 0 saturated carbocycles. The van der Waals surface area contributed by atoms with E-state index in [4.69, 9.17) is 27.6 Å². The summed E-state index contributed by atoms with van der Waals surface area (Å²) in [5.74, 6) is -0.374. The van der Waals surface area contributed by atoms with Crippen molar-refractivity contribution in [2.45, 2.75) is 13.0 Å². The van der Waals surface area contributed by atoms with Crippen LogP contribution in [0.25, 0.3) is 11.0 Å². The third-order valence-electron chi connectivity index (χ3n) is 4.96. The summed E-state index contributed by atoms with van der Waals surface area (Å²) in [7, 11) is 0. The molecule has 3 heterocycles. The second-order valence-electron chi connectivity index (χ2n) is 6.72. The van der Waals surface area contributed by atoms with Crippen molar-refractivity contribution in [2.75, 3.05) is 4.90 Å². The molecule has 29 heavy (non-hydrogen) atoms. The van der Waals surface area contributed by atoms with Gasteiger partial charge < -0.3 is 4.42 Å². The maximum atomic E-state index is 13.5. The third kappa shape index (κ3) is 2.79. The van der Waals surface area contributed by atoms with E-state index >= 15 is 0 Å². The molecule has 0 radical (unpaired) electrons. The van der Waals surface area contributed by atoms with Crippen LogP contribution in [0.2, 0.25) is 10.0 Å². The van der Waals surface area contributed by atoms with Gasteiger partial charge in [0.05, 0.1) is 17.0 Å². The highest BCUT2D eigenvalue weighted by Gasteiger charge is 2.44. The number of fused-ring (bicyclic) bond motifs is 2. The quantitative estimate of drug-likeness (QED) is 0.404. The number of thiazole rings is 1. The fraction of sp³-hybridized carbons (Fsp3) is 0.0952. The van der Waals surface area contributed by atoms with Crippen LogP contribution >= 0.6 is 34.5 Å². The van der Waals surface area contributed by atoms with E-state index in [2.05, 4.69) is 4.98 Å². The van der Waals surface area contributed by atoms with E-state index in [1.807, 2.05) is 6.92 Å². The summed E-state index contributed by atoms with van der Waals surface area (Å²) in [6.07, 6.45) is 1.62. The van der Waals surface area contributed by atoms with Gasteiger partial charge in [0.2, 0.25) is 5.76 Å². The molecule has 2 aromatic heterocycles. The van der Waals surface area contributed by atoms with E-state index in [-0.39, 0.29) is 16.8 Å². The van der Waals surface area contributed by atoms with Gasteiger partial charge in [-0.25, -0.2) is 4.98 Å². The summed E-state index contributed by atoms with van der Waals surface area (Å²) in [6.45, 7) is 1.81. The maximum absolute atomic E-state index is 13.5. The van der Waals surface area contributed by atoms with Gasteiger partial charge in [-0.1, -0.05) is 35.3 Å². The minimum atomic E-state index is -0.665. The molecular weight excluding hydrogens is 431 g/mol. The number of aryl methyl sites for hydroxylation is 1. The lowest BCUT2D eigenvalue weighted by atomic mass is 9.98. The summed E-state index contributed by atoms with van der Waals surface area (Å²) >= 11 is 13.6. The Labute approximate surface area is 179 Å². The molecule has 5 rings (SSSR count). The van der Waals surface area contributed by atoms with Crippen molar-refractivity contribution < 1.29 is 9.21 Å². The number of rotatable bonds is 2. The van der Waals surface area contributed by atoms with E-state index < -0.39 is 11.9 Å². The number of amides is 1. The smallest absolute Gasteiger partial charge is 0.297 e. The topological polar surface area (TPSA) is 63.4 Å². The van der Waals surface area contributed by atoms with Crippen molar-refractivity contribution in [3.8, 4) is 0 Å². The van der Waals surface area contributed by atoms with Crippen LogP contribution < -0.4 is 10.3 Å². The zero-order valence-corrected chi connectivity index (χ0v) is 17.3. The molecule has 0 N–H and O–H groups in total. The average molecular weight is 443 g/mol. The highest BCUT2D eigenvalue weighted by atomic mass is 35.5. The number of halogens is 2. The van der Waals surface area contributed by atoms with Crippen LogP contribution in [0.4, 0.5) is 5.13 Å². The number of nitrogens with zero attached hydrogens (tertiary/aromatic N) is 2. The molecule has 4 aromatic rings. The molecule has 8 heteroatoms. The fourth-order valence-corrected chi connectivity index (χ4v) is 4.54. The molecule has 0 fully saturated rings. The molecule has 1 aliphatic heterocycles. The number of anilines is 1. The van der Waals surface area contributed by atoms with Gasteiger partial charge >= 0.3 is 0 Å². The highest BCUT2D eigenvalue weighted by Crippen LogP contribution is 2.42. The molecule has 0 bridgehead atoms. The average Bonchev–Trinajstić information content (AvgIpc) is 3.31. The summed E-state index contributed by atoms with van der Waals surface area (Å²) in [5.41, 5.74) is 1.83. The van der Waals surface area contributed by atoms with Crippen molar-refractivity contribution >= 4 is 56.5 Å². The zero-order chi connectivity index (χ0) is 20.3. The lowest BCUT2D eigenvalue weighted by molar-refractivity contribution is 0.0971. The first kappa shape index (κ1) is 18.4. The standard InChI is InChI=1S/C21H12Cl2N2O3S/c1-10-8-15-13(9-14(10)23)18(26)16-17(11-2-4-12(22)5-3-11)25(20(27)19(16)28-15)21-24-6-7-29-21/h2-9,17H,1H3. The van der Waals surface area contributed by atoms with E-state index in [1.54, 1.807) is 48.0 Å². The minimum Gasteiger partial charge on any atom is -0.450 e. The van der Waals surface area contributed by atoms with E-state index in [9.17, 15) is 9.59 Å². The second kappa shape index (κ2) is 6.69. The van der Waals surface area contributed by atoms with Gasteiger partial charge in [0.1, 0.15) is 5.58 Å². The van der Waals surface area contributed by atoms with E-state index in [0.29, 0.717) is 26.1 Å². The van der Waals surface area contributed by atoms with Gasteiger partial charge in [-0.15, -0.1) is 11.3 Å². The van der Waals surface area contributed by atoms with Crippen molar-refractivity contribution in [2.24, 2.45) is 0 Å². The lowest BCUT2D eigenvalue weighted by Crippen LogP contribution is -2.29. The van der Waals surface area contributed by atoms with Crippen molar-refractivity contribution in [3.63, 3.8) is 0 Å². The van der Waals surface area contributed by atoms with Crippen molar-refractivity contribution in [1.29, 1.82) is 0 Å². The minimum absolute atomic E-state index is 0.0272. The van der Waals surface area contributed by atoms with Gasteiger partial charge in [0.25, 0.3) is 5.91 Å². The predicted molar refractivity (Wildman–Crippen MR) is 114 cm³/mol. The molecule has 1 atom stereocenters. The fourth-order valence-electron chi connectivity index (χ4n) is 3.59. The molecule has 0 spiro atoms. The number of carbonyl (C=O) groups is 1. The Morgan fingerprint density at radius 1 is 1.14 bits per heavy atom. The van der Waals surface area contributed by atoms with Gasteiger partial charge in [0, 0.05) is 21.6 Å². The Morgan fingerprint density at radius 2 is 1.90 bits per heavy atom. The summed E-state index contributed by atoms with van der Waals surface area (Å²) < 4.78 is 5.94. The van der Waals surface area contributed by atoms with Crippen LogP contribution in [0.5, 0.6) is 0 Å². The number of benzene rings is 2. The Morgan fingerprint density at radius 3 is 2.59 bits per heavy atom. The molecule has 1 aliphatic rings. The number of aromatic nitrogens is 1. The Kier molecular flexibility index (Phi) is 4.24. The van der Waals surface area contributed by atoms with Crippen LogP contribution in [0, 0.1) is 6.92 Å². The van der Waals surface area contributed by atoms with Crippen molar-refractivity contribution in [1.82, 2.24) is 4.98 Å². The first-order valence-corrected chi connectivity index (χ1v) is 10.3. The largest absolute Gasteiger partial charge is 0.450 e. The van der Waals surface area contributed by atoms with Crippen LogP contribution in [0.3, 0.4) is 0 Å². The van der Waals surface area contributed by atoms with Crippen LogP contribution in [-0.2, 0) is 0 Å². The summed E-state index contributed by atoms with van der Waals surface area (Å²) in [4.78, 5) is 32.5. The van der Waals surface area contributed by atoms with Crippen LogP contribution in [-0.4, -0.2) is 10.9 Å². The molecule has 0 aliphatic carbocycles. The summed E-state index contributed by atoms with van der Waals surface area (Å²) in [6, 6.07) is 9.64. The number of carbonyl (C=O) groups excluding carboxylic acids is 1. The SMILES string of the molecule is Cc1cc2oc3c(c(=O)c2cc1Cl)C(c1ccc(Cl)cc1)N(c1nccs1)C3=O. The zero-order valence-electron chi connectivity index (χ0n) is 15.0. The van der Waals surface area contributed by atoms with Gasteiger partial charge in [-0.3, -0.25) is 14.5 Å². The van der Waals surface area contributed by atoms with Crippen LogP contribution in [0.1, 0.15) is 33.3 Å². The molecule has 0 saturated heterocycles. The first-order chi connectivity index (χ1) is 14.0. The second-order valence-corrected chi connectivity index (χ2v) is 8.43. The molecule has 1 unspecified atom stereocenters. The summed E-state index contributed by atoms with van der Waals surface area (Å²) in [5, 5.41) is 3.63. The Bertz CT molecular complexity index is 1330. The lowest BCUT2D eigenvalue weighted by Gasteiger charge is -2.22. The third-order valence-corrected chi connectivity index (χ3v) is 6.39. The predicted octanol–water partition coefficient (Wildman–Crippen LogP) is 5.61. The molecule has 5 nitrogen and oxygen atoms in total. The van der Waals surface area contributed by atoms with Gasteiger partial charge in [-0.05, 0) is 42.3 Å². The molecule has 144 valence electrons.